The molecule has 0 fully saturated rings. The van der Waals surface area contributed by atoms with Crippen LogP contribution in [0.1, 0.15) is 31.2 Å². The fraction of sp³-hybridized carbons (Fsp3) is 0.615. The Morgan fingerprint density at radius 3 is 2.95 bits per heavy atom. The summed E-state index contributed by atoms with van der Waals surface area (Å²) in [5.74, 6) is 1.08. The van der Waals surface area contributed by atoms with Crippen molar-refractivity contribution in [3.8, 4) is 0 Å². The minimum Gasteiger partial charge on any atom is -0.374 e. The SMILES string of the molecule is Cc1cn(CCCCC2=NCCCN2)c(=O)[nH]c1=O. The molecule has 2 N–H and O–H groups in total. The maximum Gasteiger partial charge on any atom is 0.328 e. The summed E-state index contributed by atoms with van der Waals surface area (Å²) < 4.78 is 1.56. The molecule has 0 spiro atoms. The lowest BCUT2D eigenvalue weighted by Crippen LogP contribution is -2.31. The molecule has 2 rings (SSSR count). The highest BCUT2D eigenvalue weighted by atomic mass is 16.2. The molecule has 0 amide bonds. The molecule has 0 unspecified atom stereocenters. The molecular formula is C13H20N4O2. The van der Waals surface area contributed by atoms with E-state index in [0.29, 0.717) is 12.1 Å². The van der Waals surface area contributed by atoms with Gasteiger partial charge in [-0.2, -0.15) is 0 Å². The number of aliphatic imine (C=N–C) groups is 1. The number of hydrogen-bond donors (Lipinski definition) is 2. The quantitative estimate of drug-likeness (QED) is 0.756. The number of unbranched alkanes of at least 4 members (excludes halogenated alkanes) is 1. The van der Waals surface area contributed by atoms with E-state index in [9.17, 15) is 9.59 Å². The number of hydrogen-bond acceptors (Lipinski definition) is 4. The molecular weight excluding hydrogens is 244 g/mol. The van der Waals surface area contributed by atoms with Gasteiger partial charge in [-0.05, 0) is 26.2 Å². The topological polar surface area (TPSA) is 79.2 Å². The Morgan fingerprint density at radius 1 is 1.37 bits per heavy atom. The van der Waals surface area contributed by atoms with Crippen molar-refractivity contribution in [2.45, 2.75) is 39.2 Å². The highest BCUT2D eigenvalue weighted by molar-refractivity contribution is 5.82. The summed E-state index contributed by atoms with van der Waals surface area (Å²) in [7, 11) is 0. The third kappa shape index (κ3) is 3.81. The number of aromatic amines is 1. The number of rotatable bonds is 5. The molecule has 1 aliphatic rings. The van der Waals surface area contributed by atoms with E-state index < -0.39 is 0 Å². The fourth-order valence-corrected chi connectivity index (χ4v) is 2.11. The second kappa shape index (κ2) is 6.36. The van der Waals surface area contributed by atoms with Gasteiger partial charge in [0.1, 0.15) is 0 Å². The lowest BCUT2D eigenvalue weighted by molar-refractivity contribution is 0.580. The van der Waals surface area contributed by atoms with E-state index in [0.717, 1.165) is 44.6 Å². The van der Waals surface area contributed by atoms with Gasteiger partial charge in [-0.15, -0.1) is 0 Å². The molecule has 0 aliphatic carbocycles. The molecule has 6 nitrogen and oxygen atoms in total. The van der Waals surface area contributed by atoms with Crippen molar-refractivity contribution in [1.82, 2.24) is 14.9 Å². The van der Waals surface area contributed by atoms with Gasteiger partial charge in [0.15, 0.2) is 0 Å². The van der Waals surface area contributed by atoms with Gasteiger partial charge in [0.25, 0.3) is 5.56 Å². The number of aryl methyl sites for hydroxylation is 2. The normalized spacial score (nSPS) is 14.9. The molecule has 6 heteroatoms. The molecule has 0 aromatic carbocycles. The lowest BCUT2D eigenvalue weighted by Gasteiger charge is -2.14. The maximum absolute atomic E-state index is 11.6. The molecule has 1 aliphatic heterocycles. The van der Waals surface area contributed by atoms with Crippen LogP contribution in [-0.4, -0.2) is 28.5 Å². The summed E-state index contributed by atoms with van der Waals surface area (Å²) in [5, 5.41) is 3.28. The second-order valence-electron chi connectivity index (χ2n) is 4.83. The van der Waals surface area contributed by atoms with Crippen LogP contribution in [0.4, 0.5) is 0 Å². The summed E-state index contributed by atoms with van der Waals surface area (Å²) in [6, 6.07) is 0. The van der Waals surface area contributed by atoms with Gasteiger partial charge in [0.05, 0.1) is 5.84 Å². The van der Waals surface area contributed by atoms with E-state index in [4.69, 9.17) is 0 Å². The molecule has 2 heterocycles. The van der Waals surface area contributed by atoms with Crippen LogP contribution < -0.4 is 16.6 Å². The van der Waals surface area contributed by atoms with Crippen molar-refractivity contribution in [3.05, 3.63) is 32.6 Å². The van der Waals surface area contributed by atoms with E-state index in [2.05, 4.69) is 15.3 Å². The first kappa shape index (κ1) is 13.6. The predicted octanol–water partition coefficient (Wildman–Crippen LogP) is 0.407. The highest BCUT2D eigenvalue weighted by Crippen LogP contribution is 2.01. The van der Waals surface area contributed by atoms with Gasteiger partial charge in [-0.3, -0.25) is 14.8 Å². The second-order valence-corrected chi connectivity index (χ2v) is 4.83. The number of nitrogens with one attached hydrogen (secondary N) is 2. The maximum atomic E-state index is 11.6. The van der Waals surface area contributed by atoms with Crippen molar-refractivity contribution in [2.75, 3.05) is 13.1 Å². The van der Waals surface area contributed by atoms with Crippen molar-refractivity contribution < 1.29 is 0 Å². The van der Waals surface area contributed by atoms with Crippen LogP contribution in [0.25, 0.3) is 0 Å². The van der Waals surface area contributed by atoms with E-state index in [1.165, 1.54) is 0 Å². The van der Waals surface area contributed by atoms with Crippen LogP contribution in [0.5, 0.6) is 0 Å². The summed E-state index contributed by atoms with van der Waals surface area (Å²) in [6.45, 7) is 4.26. The molecule has 0 radical (unpaired) electrons. The van der Waals surface area contributed by atoms with Crippen LogP contribution in [0.15, 0.2) is 20.8 Å². The monoisotopic (exact) mass is 264 g/mol. The van der Waals surface area contributed by atoms with Crippen molar-refractivity contribution in [1.29, 1.82) is 0 Å². The Kier molecular flexibility index (Phi) is 4.54. The smallest absolute Gasteiger partial charge is 0.328 e. The largest absolute Gasteiger partial charge is 0.374 e. The van der Waals surface area contributed by atoms with Crippen molar-refractivity contribution in [3.63, 3.8) is 0 Å². The number of aromatic nitrogens is 2. The Bertz CT molecular complexity index is 571. The molecule has 0 atom stereocenters. The zero-order chi connectivity index (χ0) is 13.7. The highest BCUT2D eigenvalue weighted by Gasteiger charge is 2.04. The van der Waals surface area contributed by atoms with Gasteiger partial charge in [-0.25, -0.2) is 4.79 Å². The van der Waals surface area contributed by atoms with Gasteiger partial charge >= 0.3 is 5.69 Å². The lowest BCUT2D eigenvalue weighted by atomic mass is 10.2. The molecule has 0 saturated heterocycles. The van der Waals surface area contributed by atoms with Crippen LogP contribution in [0.3, 0.4) is 0 Å². The zero-order valence-electron chi connectivity index (χ0n) is 11.2. The Morgan fingerprint density at radius 2 is 2.21 bits per heavy atom. The zero-order valence-corrected chi connectivity index (χ0v) is 11.2. The first-order valence-corrected chi connectivity index (χ1v) is 6.74. The van der Waals surface area contributed by atoms with Crippen LogP contribution in [0.2, 0.25) is 0 Å². The van der Waals surface area contributed by atoms with E-state index in [1.807, 2.05) is 0 Å². The third-order valence-corrected chi connectivity index (χ3v) is 3.22. The van der Waals surface area contributed by atoms with Gasteiger partial charge in [0.2, 0.25) is 0 Å². The van der Waals surface area contributed by atoms with E-state index in [-0.39, 0.29) is 11.2 Å². The van der Waals surface area contributed by atoms with Crippen molar-refractivity contribution in [2.24, 2.45) is 4.99 Å². The summed E-state index contributed by atoms with van der Waals surface area (Å²) >= 11 is 0. The summed E-state index contributed by atoms with van der Waals surface area (Å²) in [4.78, 5) is 29.5. The minimum absolute atomic E-state index is 0.304. The van der Waals surface area contributed by atoms with Gasteiger partial charge < -0.3 is 9.88 Å². The molecule has 1 aromatic heterocycles. The predicted molar refractivity (Wildman–Crippen MR) is 74.8 cm³/mol. The molecule has 0 bridgehead atoms. The standard InChI is InChI=1S/C13H20N4O2/c1-10-9-17(13(19)16-12(10)18)8-3-2-5-11-14-6-4-7-15-11/h9H,2-8H2,1H3,(H,14,15)(H,16,18,19). The first-order valence-electron chi connectivity index (χ1n) is 6.74. The average molecular weight is 264 g/mol. The Labute approximate surface area is 111 Å². The average Bonchev–Trinajstić information content (AvgIpc) is 2.41. The molecule has 0 saturated carbocycles. The van der Waals surface area contributed by atoms with Gasteiger partial charge in [0, 0.05) is 37.8 Å². The molecule has 104 valence electrons. The number of nitrogens with zero attached hydrogens (tertiary/aromatic N) is 2. The molecule has 19 heavy (non-hydrogen) atoms. The van der Waals surface area contributed by atoms with Gasteiger partial charge in [-0.1, -0.05) is 0 Å². The minimum atomic E-state index is -0.330. The van der Waals surface area contributed by atoms with Crippen LogP contribution >= 0.6 is 0 Å². The van der Waals surface area contributed by atoms with Crippen molar-refractivity contribution >= 4 is 5.84 Å². The number of H-pyrrole nitrogens is 1. The molecule has 1 aromatic rings. The summed E-state index contributed by atoms with van der Waals surface area (Å²) in [5.41, 5.74) is -0.0661. The Balaban J connectivity index is 1.83. The Hall–Kier alpha value is -1.85. The van der Waals surface area contributed by atoms with Crippen LogP contribution in [-0.2, 0) is 6.54 Å². The summed E-state index contributed by atoms with van der Waals surface area (Å²) in [6.07, 6.45) is 5.53. The first-order chi connectivity index (χ1) is 9.16. The fourth-order valence-electron chi connectivity index (χ4n) is 2.11. The van der Waals surface area contributed by atoms with Crippen LogP contribution in [0, 0.1) is 6.92 Å². The third-order valence-electron chi connectivity index (χ3n) is 3.22. The van der Waals surface area contributed by atoms with E-state index in [1.54, 1.807) is 17.7 Å². The number of amidine groups is 1. The van der Waals surface area contributed by atoms with E-state index >= 15 is 0 Å².